The monoisotopic (exact) mass is 368 g/mol. The number of thiazole rings is 1. The Morgan fingerprint density at radius 3 is 2.38 bits per heavy atom. The van der Waals surface area contributed by atoms with Gasteiger partial charge in [-0.1, -0.05) is 17.2 Å². The summed E-state index contributed by atoms with van der Waals surface area (Å²) in [4.78, 5) is 46.7. The maximum absolute atomic E-state index is 12.5. The first-order valence-corrected chi connectivity index (χ1v) is 8.44. The molecule has 2 aromatic heterocycles. The van der Waals surface area contributed by atoms with Gasteiger partial charge in [0.2, 0.25) is 0 Å². The van der Waals surface area contributed by atoms with Crippen LogP contribution in [0.15, 0.2) is 36.7 Å². The second-order valence-electron chi connectivity index (χ2n) is 5.67. The van der Waals surface area contributed by atoms with Crippen LogP contribution in [0.4, 0.5) is 0 Å². The van der Waals surface area contributed by atoms with Crippen molar-refractivity contribution in [3.8, 4) is 10.6 Å². The number of aromatic nitrogens is 3. The highest BCUT2D eigenvalue weighted by Gasteiger charge is 2.39. The van der Waals surface area contributed by atoms with E-state index < -0.39 is 17.8 Å². The zero-order valence-electron chi connectivity index (χ0n) is 13.8. The summed E-state index contributed by atoms with van der Waals surface area (Å²) >= 11 is 1.12. The first kappa shape index (κ1) is 16.2. The van der Waals surface area contributed by atoms with Crippen molar-refractivity contribution in [3.63, 3.8) is 0 Å². The predicted molar refractivity (Wildman–Crippen MR) is 91.4 cm³/mol. The number of amides is 2. The van der Waals surface area contributed by atoms with E-state index >= 15 is 0 Å². The lowest BCUT2D eigenvalue weighted by molar-refractivity contribution is -0.0581. The number of carbonyl (C=O) groups is 3. The molecule has 1 aliphatic rings. The number of hydrogen-bond donors (Lipinski definition) is 0. The lowest BCUT2D eigenvalue weighted by atomic mass is 10.1. The van der Waals surface area contributed by atoms with Crippen molar-refractivity contribution < 1.29 is 19.2 Å². The molecule has 1 aromatic carbocycles. The summed E-state index contributed by atoms with van der Waals surface area (Å²) in [7, 11) is 1.78. The fraction of sp³-hybridized carbons (Fsp3) is 0.118. The summed E-state index contributed by atoms with van der Waals surface area (Å²) in [6.45, 7) is 1.66. The van der Waals surface area contributed by atoms with Gasteiger partial charge in [0.25, 0.3) is 11.8 Å². The third-order valence-electron chi connectivity index (χ3n) is 3.86. The standard InChI is InChI=1S/C17H12N4O4S/c1-9-13(26-14(19-9)10-7-18-20(2)8-10)17(24)25-21-15(22)11-5-3-4-6-12(11)16(21)23/h3-8H,1-2H3. The molecule has 0 saturated heterocycles. The van der Waals surface area contributed by atoms with Crippen LogP contribution >= 0.6 is 11.3 Å². The van der Waals surface area contributed by atoms with E-state index in [0.717, 1.165) is 16.9 Å². The van der Waals surface area contributed by atoms with Gasteiger partial charge in [0.15, 0.2) is 0 Å². The number of carbonyl (C=O) groups excluding carboxylic acids is 3. The summed E-state index contributed by atoms with van der Waals surface area (Å²) in [5.41, 5.74) is 1.64. The number of imide groups is 1. The minimum Gasteiger partial charge on any atom is -0.323 e. The molecule has 26 heavy (non-hydrogen) atoms. The molecule has 0 bridgehead atoms. The Hall–Kier alpha value is -3.33. The smallest absolute Gasteiger partial charge is 0.323 e. The van der Waals surface area contributed by atoms with Crippen LogP contribution in [0.1, 0.15) is 36.1 Å². The summed E-state index contributed by atoms with van der Waals surface area (Å²) in [5.74, 6) is -2.12. The maximum atomic E-state index is 12.5. The van der Waals surface area contributed by atoms with Crippen LogP contribution in [0.25, 0.3) is 10.6 Å². The molecule has 0 atom stereocenters. The molecule has 0 unspecified atom stereocenters. The van der Waals surface area contributed by atoms with E-state index in [2.05, 4.69) is 10.1 Å². The molecule has 4 rings (SSSR count). The van der Waals surface area contributed by atoms with E-state index in [4.69, 9.17) is 4.84 Å². The van der Waals surface area contributed by atoms with Crippen LogP contribution < -0.4 is 0 Å². The predicted octanol–water partition coefficient (Wildman–Crippen LogP) is 2.22. The molecule has 3 aromatic rings. The van der Waals surface area contributed by atoms with Crippen LogP contribution in [0.3, 0.4) is 0 Å². The number of hydroxylamine groups is 2. The van der Waals surface area contributed by atoms with Gasteiger partial charge in [-0.25, -0.2) is 9.78 Å². The average molecular weight is 368 g/mol. The molecule has 1 aliphatic heterocycles. The minimum atomic E-state index is -0.801. The Labute approximate surface area is 151 Å². The number of hydrogen-bond acceptors (Lipinski definition) is 7. The van der Waals surface area contributed by atoms with Crippen LogP contribution in [0.2, 0.25) is 0 Å². The second kappa shape index (κ2) is 5.88. The summed E-state index contributed by atoms with van der Waals surface area (Å²) < 4.78 is 1.63. The van der Waals surface area contributed by atoms with Crippen molar-refractivity contribution in [1.29, 1.82) is 0 Å². The highest BCUT2D eigenvalue weighted by molar-refractivity contribution is 7.17. The Morgan fingerprint density at radius 2 is 1.81 bits per heavy atom. The largest absolute Gasteiger partial charge is 0.375 e. The molecular formula is C17H12N4O4S. The third kappa shape index (κ3) is 2.49. The molecule has 0 N–H and O–H groups in total. The number of benzene rings is 1. The summed E-state index contributed by atoms with van der Waals surface area (Å²) in [5, 5.41) is 5.17. The van der Waals surface area contributed by atoms with Crippen molar-refractivity contribution in [1.82, 2.24) is 19.8 Å². The SMILES string of the molecule is Cc1nc(-c2cnn(C)c2)sc1C(=O)ON1C(=O)c2ccccc2C1=O. The van der Waals surface area contributed by atoms with E-state index in [9.17, 15) is 14.4 Å². The van der Waals surface area contributed by atoms with Crippen LogP contribution in [0, 0.1) is 6.92 Å². The molecule has 0 spiro atoms. The Bertz CT molecular complexity index is 1030. The zero-order chi connectivity index (χ0) is 18.4. The highest BCUT2D eigenvalue weighted by atomic mass is 32.1. The molecule has 0 saturated carbocycles. The van der Waals surface area contributed by atoms with Crippen LogP contribution in [-0.4, -0.2) is 37.6 Å². The number of rotatable bonds is 3. The Morgan fingerprint density at radius 1 is 1.15 bits per heavy atom. The van der Waals surface area contributed by atoms with Gasteiger partial charge in [-0.15, -0.1) is 11.3 Å². The first-order valence-electron chi connectivity index (χ1n) is 7.62. The van der Waals surface area contributed by atoms with E-state index in [1.165, 1.54) is 12.1 Å². The molecule has 0 radical (unpaired) electrons. The van der Waals surface area contributed by atoms with Gasteiger partial charge in [-0.05, 0) is 19.1 Å². The molecule has 0 fully saturated rings. The van der Waals surface area contributed by atoms with Gasteiger partial charge < -0.3 is 4.84 Å². The van der Waals surface area contributed by atoms with Crippen LogP contribution in [0.5, 0.6) is 0 Å². The fourth-order valence-electron chi connectivity index (χ4n) is 2.62. The number of nitrogens with zero attached hydrogens (tertiary/aromatic N) is 4. The molecule has 2 amide bonds. The van der Waals surface area contributed by atoms with Crippen molar-refractivity contribution in [2.45, 2.75) is 6.92 Å². The van der Waals surface area contributed by atoms with Gasteiger partial charge in [0.05, 0.1) is 23.0 Å². The van der Waals surface area contributed by atoms with Gasteiger partial charge in [-0.3, -0.25) is 14.3 Å². The quantitative estimate of drug-likeness (QED) is 0.658. The maximum Gasteiger partial charge on any atom is 0.375 e. The van der Waals surface area contributed by atoms with E-state index in [-0.39, 0.29) is 16.0 Å². The minimum absolute atomic E-state index is 0.211. The zero-order valence-corrected chi connectivity index (χ0v) is 14.6. The van der Waals surface area contributed by atoms with Crippen molar-refractivity contribution in [3.05, 3.63) is 58.4 Å². The normalized spacial score (nSPS) is 13.2. The number of fused-ring (bicyclic) bond motifs is 1. The van der Waals surface area contributed by atoms with E-state index in [1.54, 1.807) is 43.2 Å². The molecular weight excluding hydrogens is 356 g/mol. The van der Waals surface area contributed by atoms with E-state index in [1.807, 2.05) is 0 Å². The molecule has 3 heterocycles. The Balaban J connectivity index is 1.59. The molecule has 8 nitrogen and oxygen atoms in total. The van der Waals surface area contributed by atoms with Gasteiger partial charge in [0.1, 0.15) is 9.88 Å². The number of aryl methyl sites for hydroxylation is 2. The first-order chi connectivity index (χ1) is 12.5. The average Bonchev–Trinajstić information content (AvgIpc) is 3.29. The van der Waals surface area contributed by atoms with Crippen LogP contribution in [-0.2, 0) is 11.9 Å². The Kier molecular flexibility index (Phi) is 3.66. The lowest BCUT2D eigenvalue weighted by Gasteiger charge is -2.11. The fourth-order valence-corrected chi connectivity index (χ4v) is 3.53. The van der Waals surface area contributed by atoms with Gasteiger partial charge >= 0.3 is 5.97 Å². The van der Waals surface area contributed by atoms with Gasteiger partial charge in [0, 0.05) is 18.8 Å². The molecule has 9 heteroatoms. The third-order valence-corrected chi connectivity index (χ3v) is 5.05. The molecule has 130 valence electrons. The summed E-state index contributed by atoms with van der Waals surface area (Å²) in [6, 6.07) is 6.31. The second-order valence-corrected chi connectivity index (χ2v) is 6.66. The van der Waals surface area contributed by atoms with Crippen molar-refractivity contribution >= 4 is 29.1 Å². The highest BCUT2D eigenvalue weighted by Crippen LogP contribution is 2.29. The topological polar surface area (TPSA) is 94.4 Å². The van der Waals surface area contributed by atoms with Crippen molar-refractivity contribution in [2.24, 2.45) is 7.05 Å². The molecule has 0 aliphatic carbocycles. The van der Waals surface area contributed by atoms with Crippen molar-refractivity contribution in [2.75, 3.05) is 0 Å². The van der Waals surface area contributed by atoms with Gasteiger partial charge in [-0.2, -0.15) is 5.10 Å². The lowest BCUT2D eigenvalue weighted by Crippen LogP contribution is -2.32. The summed E-state index contributed by atoms with van der Waals surface area (Å²) in [6.07, 6.45) is 3.41. The van der Waals surface area contributed by atoms with E-state index in [0.29, 0.717) is 15.8 Å².